The molecule has 0 amide bonds. The fraction of sp³-hybridized carbons (Fsp3) is 0. The average Bonchev–Trinajstić information content (AvgIpc) is 1.72. The second kappa shape index (κ2) is 3.95. The van der Waals surface area contributed by atoms with Crippen molar-refractivity contribution < 1.29 is 24.5 Å². The molecule has 0 aliphatic carbocycles. The standard InChI is InChI=1S/C5H5N.Zn/c1-2-4-6-5-3-1;/h1-5H;/q;+2/p+1. The first kappa shape index (κ1) is 6.77. The van der Waals surface area contributed by atoms with Gasteiger partial charge in [0.05, 0.1) is 0 Å². The van der Waals surface area contributed by atoms with Gasteiger partial charge in [0, 0.05) is 12.1 Å². The second-order valence-corrected chi connectivity index (χ2v) is 1.08. The van der Waals surface area contributed by atoms with Crippen LogP contribution < -0.4 is 4.98 Å². The van der Waals surface area contributed by atoms with E-state index in [2.05, 4.69) is 4.98 Å². The third-order valence-corrected chi connectivity index (χ3v) is 0.607. The molecule has 0 spiro atoms. The van der Waals surface area contributed by atoms with Crippen LogP contribution in [0.5, 0.6) is 0 Å². The van der Waals surface area contributed by atoms with E-state index < -0.39 is 0 Å². The van der Waals surface area contributed by atoms with E-state index in [0.29, 0.717) is 0 Å². The molecule has 0 aromatic carbocycles. The third-order valence-electron chi connectivity index (χ3n) is 0.607. The first-order valence-electron chi connectivity index (χ1n) is 1.91. The summed E-state index contributed by atoms with van der Waals surface area (Å²) in [5.74, 6) is 0. The first-order chi connectivity index (χ1) is 3.00. The molecule has 1 nitrogen and oxygen atoms in total. The summed E-state index contributed by atoms with van der Waals surface area (Å²) in [6.07, 6.45) is 3.75. The molecule has 0 unspecified atom stereocenters. The van der Waals surface area contributed by atoms with Crippen LogP contribution in [0.15, 0.2) is 30.6 Å². The summed E-state index contributed by atoms with van der Waals surface area (Å²) >= 11 is 0. The van der Waals surface area contributed by atoms with E-state index >= 15 is 0 Å². The van der Waals surface area contributed by atoms with Gasteiger partial charge in [-0.05, 0) is 0 Å². The summed E-state index contributed by atoms with van der Waals surface area (Å²) in [6.45, 7) is 0. The normalized spacial score (nSPS) is 6.86. The van der Waals surface area contributed by atoms with Gasteiger partial charge in [-0.25, -0.2) is 4.98 Å². The molecule has 30 valence electrons. The van der Waals surface area contributed by atoms with Gasteiger partial charge in [0.2, 0.25) is 0 Å². The van der Waals surface area contributed by atoms with Gasteiger partial charge in [-0.15, -0.1) is 0 Å². The Labute approximate surface area is 55.5 Å². The van der Waals surface area contributed by atoms with Crippen LogP contribution in [-0.4, -0.2) is 0 Å². The minimum atomic E-state index is 0. The van der Waals surface area contributed by atoms with Crippen molar-refractivity contribution in [3.05, 3.63) is 30.6 Å². The van der Waals surface area contributed by atoms with E-state index in [1.54, 1.807) is 0 Å². The largest absolute Gasteiger partial charge is 2.00 e. The Balaban J connectivity index is 0.000000360. The minimum Gasteiger partial charge on any atom is -0.218 e. The fourth-order valence-corrected chi connectivity index (χ4v) is 0.342. The molecular formula is C5H6NZn+3. The van der Waals surface area contributed by atoms with Crippen LogP contribution in [0.2, 0.25) is 0 Å². The summed E-state index contributed by atoms with van der Waals surface area (Å²) in [4.78, 5) is 2.89. The molecule has 0 aliphatic heterocycles. The smallest absolute Gasteiger partial charge is 0.218 e. The first-order valence-corrected chi connectivity index (χ1v) is 1.91. The zero-order valence-corrected chi connectivity index (χ0v) is 7.06. The monoisotopic (exact) mass is 144 g/mol. The maximum atomic E-state index is 2.89. The van der Waals surface area contributed by atoms with Gasteiger partial charge in [-0.3, -0.25) is 0 Å². The predicted molar refractivity (Wildman–Crippen MR) is 23.0 cm³/mol. The summed E-state index contributed by atoms with van der Waals surface area (Å²) in [5.41, 5.74) is 0. The van der Waals surface area contributed by atoms with Gasteiger partial charge in [-0.2, -0.15) is 0 Å². The Bertz CT molecular complexity index is 80.0. The fourth-order valence-electron chi connectivity index (χ4n) is 0.342. The Morgan fingerprint density at radius 3 is 1.57 bits per heavy atom. The number of hydrogen-bond acceptors (Lipinski definition) is 0. The zero-order valence-electron chi connectivity index (χ0n) is 4.09. The van der Waals surface area contributed by atoms with Gasteiger partial charge in [0.15, 0.2) is 12.4 Å². The van der Waals surface area contributed by atoms with Crippen LogP contribution >= 0.6 is 0 Å². The van der Waals surface area contributed by atoms with E-state index in [4.69, 9.17) is 0 Å². The van der Waals surface area contributed by atoms with E-state index in [-0.39, 0.29) is 19.5 Å². The minimum absolute atomic E-state index is 0. The average molecular weight is 146 g/mol. The molecule has 1 heterocycles. The van der Waals surface area contributed by atoms with Crippen molar-refractivity contribution in [3.63, 3.8) is 0 Å². The number of H-pyrrole nitrogens is 1. The quantitative estimate of drug-likeness (QED) is 0.472. The van der Waals surface area contributed by atoms with Gasteiger partial charge in [0.1, 0.15) is 0 Å². The molecule has 0 radical (unpaired) electrons. The maximum absolute atomic E-state index is 2.89. The van der Waals surface area contributed by atoms with Gasteiger partial charge >= 0.3 is 19.5 Å². The van der Waals surface area contributed by atoms with Crippen LogP contribution in [0.3, 0.4) is 0 Å². The van der Waals surface area contributed by atoms with Crippen LogP contribution in [-0.2, 0) is 19.5 Å². The summed E-state index contributed by atoms with van der Waals surface area (Å²) in [6, 6.07) is 5.86. The molecule has 7 heavy (non-hydrogen) atoms. The number of rotatable bonds is 0. The molecule has 1 rings (SSSR count). The molecule has 0 aliphatic rings. The molecule has 0 atom stereocenters. The van der Waals surface area contributed by atoms with Crippen molar-refractivity contribution in [2.75, 3.05) is 0 Å². The molecule has 0 bridgehead atoms. The Morgan fingerprint density at radius 2 is 1.43 bits per heavy atom. The van der Waals surface area contributed by atoms with Crippen LogP contribution in [0.4, 0.5) is 0 Å². The van der Waals surface area contributed by atoms with Crippen molar-refractivity contribution in [1.29, 1.82) is 0 Å². The third kappa shape index (κ3) is 2.47. The van der Waals surface area contributed by atoms with Crippen molar-refractivity contribution in [2.45, 2.75) is 0 Å². The molecule has 0 fully saturated rings. The molecule has 0 saturated carbocycles. The van der Waals surface area contributed by atoms with E-state index in [1.165, 1.54) is 0 Å². The topological polar surface area (TPSA) is 14.1 Å². The van der Waals surface area contributed by atoms with E-state index in [9.17, 15) is 0 Å². The van der Waals surface area contributed by atoms with Crippen molar-refractivity contribution in [3.8, 4) is 0 Å². The predicted octanol–water partition coefficient (Wildman–Crippen LogP) is 0.498. The summed E-state index contributed by atoms with van der Waals surface area (Å²) in [5, 5.41) is 0. The summed E-state index contributed by atoms with van der Waals surface area (Å²) in [7, 11) is 0. The van der Waals surface area contributed by atoms with Gasteiger partial charge < -0.3 is 0 Å². The number of pyridine rings is 1. The van der Waals surface area contributed by atoms with Gasteiger partial charge in [-0.1, -0.05) is 6.07 Å². The maximum Gasteiger partial charge on any atom is 2.00 e. The molecule has 1 aromatic heterocycles. The molecule has 2 heteroatoms. The number of hydrogen-bond donors (Lipinski definition) is 0. The van der Waals surface area contributed by atoms with Crippen molar-refractivity contribution in [1.82, 2.24) is 0 Å². The van der Waals surface area contributed by atoms with Crippen molar-refractivity contribution in [2.24, 2.45) is 0 Å². The Hall–Kier alpha value is -0.227. The molecule has 1 aromatic rings. The molecule has 1 N–H and O–H groups in total. The second-order valence-electron chi connectivity index (χ2n) is 1.08. The molecular weight excluding hydrogens is 139 g/mol. The number of nitrogens with one attached hydrogen (secondary N) is 1. The van der Waals surface area contributed by atoms with Crippen LogP contribution in [0.25, 0.3) is 0 Å². The SMILES string of the molecule is [Zn+2].c1cc[nH+]cc1. The van der Waals surface area contributed by atoms with Gasteiger partial charge in [0.25, 0.3) is 0 Å². The Morgan fingerprint density at radius 1 is 0.857 bits per heavy atom. The Kier molecular flexibility index (Phi) is 3.82. The van der Waals surface area contributed by atoms with Crippen molar-refractivity contribution >= 4 is 0 Å². The summed E-state index contributed by atoms with van der Waals surface area (Å²) < 4.78 is 0. The number of aromatic amines is 1. The number of aromatic nitrogens is 1. The zero-order chi connectivity index (χ0) is 4.24. The molecule has 0 saturated heterocycles. The van der Waals surface area contributed by atoms with Crippen LogP contribution in [0, 0.1) is 0 Å². The van der Waals surface area contributed by atoms with E-state index in [0.717, 1.165) is 0 Å². The van der Waals surface area contributed by atoms with Crippen LogP contribution in [0.1, 0.15) is 0 Å². The van der Waals surface area contributed by atoms with E-state index in [1.807, 2.05) is 30.6 Å².